The van der Waals surface area contributed by atoms with E-state index in [1.807, 2.05) is 50.2 Å². The third-order valence-corrected chi connectivity index (χ3v) is 8.45. The molecule has 1 amide bonds. The van der Waals surface area contributed by atoms with Crippen LogP contribution in [0.4, 0.5) is 10.1 Å². The first-order valence-electron chi connectivity index (χ1n) is 14.6. The average Bonchev–Trinajstić information content (AvgIpc) is 3.02. The monoisotopic (exact) mass is 616 g/mol. The zero-order chi connectivity index (χ0) is 32.4. The van der Waals surface area contributed by atoms with Gasteiger partial charge in [0.05, 0.1) is 19.8 Å². The highest BCUT2D eigenvalue weighted by Gasteiger charge is 2.25. The van der Waals surface area contributed by atoms with E-state index in [4.69, 9.17) is 9.47 Å². The first kappa shape index (κ1) is 31.8. The second-order valence-corrected chi connectivity index (χ2v) is 11.3. The zero-order valence-electron chi connectivity index (χ0n) is 25.9. The summed E-state index contributed by atoms with van der Waals surface area (Å²) in [5.74, 6) is -0.650. The van der Waals surface area contributed by atoms with Crippen LogP contribution in [0.15, 0.2) is 64.3 Å². The summed E-state index contributed by atoms with van der Waals surface area (Å²) < 4.78 is 28.5. The lowest BCUT2D eigenvalue weighted by Crippen LogP contribution is -2.46. The number of methoxy groups -OCH3 is 1. The Morgan fingerprint density at radius 3 is 2.47 bits per heavy atom. The molecule has 5 rings (SSSR count). The molecular formula is C34H37FN4O6. The SMILES string of the molecule is COc1cc(-c2cccc(-c3cccc(NC(=O)c4cn(C)c(=O)n(C)c4=O)c3C)c2C)cc(F)c1CN[C@@H]1CCOC[C@@H]1O. The quantitative estimate of drug-likeness (QED) is 0.276. The van der Waals surface area contributed by atoms with Crippen LogP contribution in [-0.2, 0) is 25.4 Å². The highest BCUT2D eigenvalue weighted by molar-refractivity contribution is 6.04. The number of aliphatic hydroxyl groups is 1. The lowest BCUT2D eigenvalue weighted by atomic mass is 9.90. The van der Waals surface area contributed by atoms with Gasteiger partial charge in [0.1, 0.15) is 17.1 Å². The molecule has 0 radical (unpaired) electrons. The summed E-state index contributed by atoms with van der Waals surface area (Å²) in [6.45, 7) is 4.80. The number of hydrogen-bond acceptors (Lipinski definition) is 7. The Hall–Kier alpha value is -4.58. The van der Waals surface area contributed by atoms with E-state index >= 15 is 4.39 Å². The van der Waals surface area contributed by atoms with Crippen LogP contribution in [0, 0.1) is 19.7 Å². The highest BCUT2D eigenvalue weighted by atomic mass is 19.1. The van der Waals surface area contributed by atoms with Gasteiger partial charge in [-0.05, 0) is 71.8 Å². The van der Waals surface area contributed by atoms with Crippen molar-refractivity contribution in [3.05, 3.63) is 104 Å². The number of carbonyl (C=O) groups is 1. The number of hydrogen-bond donors (Lipinski definition) is 3. The van der Waals surface area contributed by atoms with E-state index in [1.165, 1.54) is 38.0 Å². The second kappa shape index (κ2) is 13.2. The molecule has 3 aromatic carbocycles. The van der Waals surface area contributed by atoms with Crippen molar-refractivity contribution in [3.63, 3.8) is 0 Å². The van der Waals surface area contributed by atoms with Crippen molar-refractivity contribution in [2.45, 2.75) is 39.0 Å². The van der Waals surface area contributed by atoms with Gasteiger partial charge in [-0.3, -0.25) is 14.2 Å². The fraction of sp³-hybridized carbons (Fsp3) is 0.324. The van der Waals surface area contributed by atoms with Gasteiger partial charge in [0.25, 0.3) is 11.5 Å². The molecule has 1 saturated heterocycles. The number of aryl methyl sites for hydroxylation is 1. The molecule has 10 nitrogen and oxygen atoms in total. The Balaban J connectivity index is 1.45. The molecule has 1 fully saturated rings. The number of halogens is 1. The fourth-order valence-corrected chi connectivity index (χ4v) is 5.77. The van der Waals surface area contributed by atoms with Crippen molar-refractivity contribution in [2.75, 3.05) is 25.6 Å². The van der Waals surface area contributed by atoms with Crippen molar-refractivity contribution < 1.29 is 23.8 Å². The number of benzene rings is 3. The van der Waals surface area contributed by atoms with E-state index in [1.54, 1.807) is 6.07 Å². The normalized spacial score (nSPS) is 16.4. The summed E-state index contributed by atoms with van der Waals surface area (Å²) in [4.78, 5) is 37.8. The first-order chi connectivity index (χ1) is 21.5. The number of aromatic nitrogens is 2. The Labute approximate surface area is 260 Å². The predicted octanol–water partition coefficient (Wildman–Crippen LogP) is 3.67. The van der Waals surface area contributed by atoms with Crippen molar-refractivity contribution in [2.24, 2.45) is 14.1 Å². The van der Waals surface area contributed by atoms with Crippen molar-refractivity contribution in [1.29, 1.82) is 0 Å². The maximum absolute atomic E-state index is 15.6. The molecular weight excluding hydrogens is 579 g/mol. The lowest BCUT2D eigenvalue weighted by Gasteiger charge is -2.29. The summed E-state index contributed by atoms with van der Waals surface area (Å²) >= 11 is 0. The molecule has 4 aromatic rings. The molecule has 11 heteroatoms. The van der Waals surface area contributed by atoms with E-state index in [9.17, 15) is 19.5 Å². The molecule has 1 aliphatic heterocycles. The van der Waals surface area contributed by atoms with Gasteiger partial charge in [0, 0.05) is 50.7 Å². The Morgan fingerprint density at radius 1 is 1.07 bits per heavy atom. The van der Waals surface area contributed by atoms with Crippen LogP contribution in [0.5, 0.6) is 5.75 Å². The summed E-state index contributed by atoms with van der Waals surface area (Å²) in [5, 5.41) is 16.3. The molecule has 1 aliphatic rings. The van der Waals surface area contributed by atoms with E-state index in [0.29, 0.717) is 35.6 Å². The predicted molar refractivity (Wildman–Crippen MR) is 170 cm³/mol. The Bertz CT molecular complexity index is 1880. The van der Waals surface area contributed by atoms with Gasteiger partial charge < -0.3 is 29.8 Å². The molecule has 0 saturated carbocycles. The largest absolute Gasteiger partial charge is 0.496 e. The van der Waals surface area contributed by atoms with Crippen LogP contribution in [0.2, 0.25) is 0 Å². The van der Waals surface area contributed by atoms with E-state index in [2.05, 4.69) is 10.6 Å². The van der Waals surface area contributed by atoms with Gasteiger partial charge in [-0.1, -0.05) is 30.3 Å². The first-order valence-corrected chi connectivity index (χ1v) is 14.6. The molecule has 0 aliphatic carbocycles. The van der Waals surface area contributed by atoms with Crippen LogP contribution in [0.25, 0.3) is 22.3 Å². The summed E-state index contributed by atoms with van der Waals surface area (Å²) in [6, 6.07) is 14.4. The maximum atomic E-state index is 15.6. The van der Waals surface area contributed by atoms with Crippen molar-refractivity contribution >= 4 is 11.6 Å². The third kappa shape index (κ3) is 6.32. The average molecular weight is 617 g/mol. The molecule has 45 heavy (non-hydrogen) atoms. The number of anilines is 1. The van der Waals surface area contributed by atoms with Crippen LogP contribution in [0.1, 0.15) is 33.5 Å². The number of amides is 1. The highest BCUT2D eigenvalue weighted by Crippen LogP contribution is 2.37. The number of nitrogens with one attached hydrogen (secondary N) is 2. The summed E-state index contributed by atoms with van der Waals surface area (Å²) in [7, 11) is 4.31. The van der Waals surface area contributed by atoms with Gasteiger partial charge in [0.15, 0.2) is 0 Å². The molecule has 2 atom stereocenters. The minimum atomic E-state index is -0.682. The van der Waals surface area contributed by atoms with Crippen LogP contribution >= 0.6 is 0 Å². The molecule has 0 spiro atoms. The van der Waals surface area contributed by atoms with Gasteiger partial charge in [-0.2, -0.15) is 0 Å². The number of ether oxygens (including phenoxy) is 2. The topological polar surface area (TPSA) is 124 Å². The van der Waals surface area contributed by atoms with Gasteiger partial charge in [-0.25, -0.2) is 9.18 Å². The van der Waals surface area contributed by atoms with Crippen LogP contribution < -0.4 is 26.6 Å². The Kier molecular flexibility index (Phi) is 9.33. The van der Waals surface area contributed by atoms with Crippen LogP contribution in [-0.4, -0.2) is 52.6 Å². The van der Waals surface area contributed by atoms with Gasteiger partial charge >= 0.3 is 5.69 Å². The number of nitrogens with zero attached hydrogens (tertiary/aromatic N) is 2. The standard InChI is InChI=1S/C34H37FN4O6/c1-19-22(21-14-27(35)25(31(15-21)44-5)16-36-29-12-13-45-18-30(29)40)8-6-9-23(19)24-10-7-11-28(20(24)2)37-32(41)26-17-38(3)34(43)39(4)33(26)42/h6-11,14-15,17,29-30,36,40H,12-13,16,18H2,1-5H3,(H,37,41)/t29-,30+/m1/s1. The van der Waals surface area contributed by atoms with E-state index in [-0.39, 0.29) is 24.8 Å². The molecule has 236 valence electrons. The molecule has 1 aromatic heterocycles. The number of rotatable bonds is 8. The van der Waals surface area contributed by atoms with Crippen molar-refractivity contribution in [3.8, 4) is 28.0 Å². The van der Waals surface area contributed by atoms with Crippen LogP contribution in [0.3, 0.4) is 0 Å². The second-order valence-electron chi connectivity index (χ2n) is 11.3. The maximum Gasteiger partial charge on any atom is 0.330 e. The van der Waals surface area contributed by atoms with Crippen molar-refractivity contribution in [1.82, 2.24) is 14.5 Å². The minimum absolute atomic E-state index is 0.152. The number of aliphatic hydroxyl groups excluding tert-OH is 1. The minimum Gasteiger partial charge on any atom is -0.496 e. The van der Waals surface area contributed by atoms with Gasteiger partial charge in [-0.15, -0.1) is 0 Å². The summed E-state index contributed by atoms with van der Waals surface area (Å²) in [5.41, 5.74) is 4.39. The molecule has 2 heterocycles. The zero-order valence-corrected chi connectivity index (χ0v) is 25.9. The molecule has 3 N–H and O–H groups in total. The van der Waals surface area contributed by atoms with E-state index < -0.39 is 29.1 Å². The number of carbonyl (C=O) groups excluding carboxylic acids is 1. The summed E-state index contributed by atoms with van der Waals surface area (Å²) in [6.07, 6.45) is 1.20. The third-order valence-electron chi connectivity index (χ3n) is 8.45. The fourth-order valence-electron chi connectivity index (χ4n) is 5.77. The van der Waals surface area contributed by atoms with E-state index in [0.717, 1.165) is 32.4 Å². The smallest absolute Gasteiger partial charge is 0.330 e. The lowest BCUT2D eigenvalue weighted by molar-refractivity contribution is -0.0281. The van der Waals surface area contributed by atoms with Gasteiger partial charge in [0.2, 0.25) is 0 Å². The molecule has 0 unspecified atom stereocenters. The molecule has 0 bridgehead atoms. The Morgan fingerprint density at radius 2 is 1.76 bits per heavy atom.